The molecule has 1 fully saturated rings. The van der Waals surface area contributed by atoms with Crippen molar-refractivity contribution in [2.45, 2.75) is 36.0 Å². The van der Waals surface area contributed by atoms with Crippen LogP contribution in [0.2, 0.25) is 0 Å². The predicted molar refractivity (Wildman–Crippen MR) is 32.8 cm³/mol. The van der Waals surface area contributed by atoms with Crippen LogP contribution in [-0.2, 0) is 0 Å². The maximum atomic E-state index is 2.47. The summed E-state index contributed by atoms with van der Waals surface area (Å²) < 4.78 is 0.846. The molecule has 0 bridgehead atoms. The van der Waals surface area contributed by atoms with Crippen LogP contribution in [0.4, 0.5) is 0 Å². The van der Waals surface area contributed by atoms with Gasteiger partial charge in [-0.3, -0.25) is 0 Å². The Morgan fingerprint density at radius 2 is 1.75 bits per heavy atom. The minimum atomic E-state index is 0.520. The molecule has 0 aromatic rings. The zero-order chi connectivity index (χ0) is 6.04. The van der Waals surface area contributed by atoms with Crippen LogP contribution in [0.3, 0.4) is 0 Å². The van der Waals surface area contributed by atoms with Gasteiger partial charge in [0.05, 0.1) is 0 Å². The van der Waals surface area contributed by atoms with Gasteiger partial charge in [0.1, 0.15) is 0 Å². The van der Waals surface area contributed by atoms with Gasteiger partial charge in [0, 0.05) is 0 Å². The number of hydrogen-bond donors (Lipinski definition) is 0. The Morgan fingerprint density at radius 3 is 2.00 bits per heavy atom. The zero-order valence-corrected chi connectivity index (χ0v) is 7.86. The molecule has 1 heteroatoms. The molecule has 0 saturated heterocycles. The Morgan fingerprint density at radius 1 is 1.25 bits per heavy atom. The minimum absolute atomic E-state index is 0.520. The maximum absolute atomic E-state index is 2.47. The van der Waals surface area contributed by atoms with Crippen molar-refractivity contribution < 1.29 is 21.2 Å². The van der Waals surface area contributed by atoms with Crippen molar-refractivity contribution in [2.75, 3.05) is 4.93 Å². The fourth-order valence-corrected chi connectivity index (χ4v) is 3.14. The van der Waals surface area contributed by atoms with Crippen molar-refractivity contribution in [3.8, 4) is 0 Å². The monoisotopic (exact) mass is 225 g/mol. The fourth-order valence-electron chi connectivity index (χ4n) is 1.30. The first-order chi connectivity index (χ1) is 3.77. The van der Waals surface area contributed by atoms with Gasteiger partial charge >= 0.3 is 62.2 Å². The van der Waals surface area contributed by atoms with Gasteiger partial charge in [-0.05, 0) is 0 Å². The predicted octanol–water partition coefficient (Wildman–Crippen LogP) is -0.962. The number of alkyl halides is 2. The third-order valence-corrected chi connectivity index (χ3v) is 5.79. The van der Waals surface area contributed by atoms with Crippen LogP contribution >= 0.6 is 0 Å². The fraction of sp³-hybridized carbons (Fsp3) is 1.00. The van der Waals surface area contributed by atoms with E-state index >= 15 is 0 Å². The van der Waals surface area contributed by atoms with E-state index in [0.29, 0.717) is 21.2 Å². The van der Waals surface area contributed by atoms with Crippen LogP contribution in [0.5, 0.6) is 0 Å². The first-order valence-electron chi connectivity index (χ1n) is 3.27. The van der Waals surface area contributed by atoms with Gasteiger partial charge < -0.3 is 0 Å². The Hall–Kier alpha value is 0.730. The molecule has 1 rings (SSSR count). The molecule has 50 valence electrons. The Bertz CT molecular complexity index is 72.5. The SMILES string of the molecule is C[I-]C1(C)CCCC1. The molecule has 0 aromatic carbocycles. The molecule has 0 spiro atoms. The molecule has 1 aliphatic rings. The first kappa shape index (κ1) is 6.84. The average Bonchev–Trinajstić information content (AvgIpc) is 2.17. The molecule has 0 atom stereocenters. The summed E-state index contributed by atoms with van der Waals surface area (Å²) in [6.07, 6.45) is 6.06. The number of hydrogen-bond acceptors (Lipinski definition) is 0. The summed E-state index contributed by atoms with van der Waals surface area (Å²) in [5, 5.41) is 0. The molecule has 0 heterocycles. The molecular formula is C7H14I-. The molecule has 0 nitrogen and oxygen atoms in total. The van der Waals surface area contributed by atoms with Crippen LogP contribution in [-0.4, -0.2) is 8.35 Å². The summed E-state index contributed by atoms with van der Waals surface area (Å²) >= 11 is 0.520. The second-order valence-electron chi connectivity index (χ2n) is 2.81. The van der Waals surface area contributed by atoms with Gasteiger partial charge in [0.15, 0.2) is 0 Å². The molecule has 0 N–H and O–H groups in total. The van der Waals surface area contributed by atoms with E-state index in [0.717, 1.165) is 3.42 Å². The van der Waals surface area contributed by atoms with Gasteiger partial charge in [-0.1, -0.05) is 0 Å². The molecule has 0 radical (unpaired) electrons. The average molecular weight is 225 g/mol. The van der Waals surface area contributed by atoms with Crippen molar-refractivity contribution in [1.82, 2.24) is 0 Å². The Balaban J connectivity index is 2.40. The molecule has 0 unspecified atom stereocenters. The zero-order valence-electron chi connectivity index (χ0n) is 5.71. The Kier molecular flexibility index (Phi) is 2.18. The molecular weight excluding hydrogens is 211 g/mol. The van der Waals surface area contributed by atoms with Crippen LogP contribution in [0.1, 0.15) is 32.6 Å². The molecule has 1 saturated carbocycles. The quantitative estimate of drug-likeness (QED) is 0.398. The number of halogens is 1. The van der Waals surface area contributed by atoms with E-state index in [9.17, 15) is 0 Å². The van der Waals surface area contributed by atoms with Crippen LogP contribution < -0.4 is 21.2 Å². The summed E-state index contributed by atoms with van der Waals surface area (Å²) in [5.74, 6) is 0. The van der Waals surface area contributed by atoms with E-state index in [1.165, 1.54) is 25.7 Å². The van der Waals surface area contributed by atoms with E-state index in [1.807, 2.05) is 0 Å². The molecule has 0 aromatic heterocycles. The van der Waals surface area contributed by atoms with Gasteiger partial charge in [-0.2, -0.15) is 0 Å². The van der Waals surface area contributed by atoms with E-state index in [4.69, 9.17) is 0 Å². The second-order valence-corrected chi connectivity index (χ2v) is 6.49. The van der Waals surface area contributed by atoms with Gasteiger partial charge in [0.2, 0.25) is 0 Å². The Labute approximate surface area is 62.3 Å². The molecule has 0 aliphatic heterocycles. The first-order valence-corrected chi connectivity index (χ1v) is 6.51. The normalized spacial score (nSPS) is 26.8. The van der Waals surface area contributed by atoms with E-state index < -0.39 is 0 Å². The molecule has 0 amide bonds. The van der Waals surface area contributed by atoms with Gasteiger partial charge in [-0.15, -0.1) is 0 Å². The third kappa shape index (κ3) is 1.36. The van der Waals surface area contributed by atoms with Crippen molar-refractivity contribution in [1.29, 1.82) is 0 Å². The van der Waals surface area contributed by atoms with Crippen molar-refractivity contribution >= 4 is 0 Å². The van der Waals surface area contributed by atoms with Crippen molar-refractivity contribution in [2.24, 2.45) is 0 Å². The topological polar surface area (TPSA) is 0 Å². The van der Waals surface area contributed by atoms with Crippen LogP contribution in [0.25, 0.3) is 0 Å². The van der Waals surface area contributed by atoms with Crippen LogP contribution in [0.15, 0.2) is 0 Å². The summed E-state index contributed by atoms with van der Waals surface area (Å²) in [7, 11) is 0. The number of rotatable bonds is 1. The summed E-state index contributed by atoms with van der Waals surface area (Å²) in [5.41, 5.74) is 0. The van der Waals surface area contributed by atoms with E-state index in [2.05, 4.69) is 11.9 Å². The summed E-state index contributed by atoms with van der Waals surface area (Å²) in [4.78, 5) is 2.42. The van der Waals surface area contributed by atoms with E-state index in [1.54, 1.807) is 0 Å². The van der Waals surface area contributed by atoms with Gasteiger partial charge in [0.25, 0.3) is 0 Å². The molecule has 8 heavy (non-hydrogen) atoms. The van der Waals surface area contributed by atoms with Crippen LogP contribution in [0, 0.1) is 0 Å². The standard InChI is InChI=1S/C7H14I/c1-7(8-2)5-3-4-6-7/h3-6H2,1-2H3/q-1. The second kappa shape index (κ2) is 2.54. The summed E-state index contributed by atoms with van der Waals surface area (Å²) in [6, 6.07) is 0. The van der Waals surface area contributed by atoms with Crippen molar-refractivity contribution in [3.05, 3.63) is 0 Å². The van der Waals surface area contributed by atoms with Crippen molar-refractivity contribution in [3.63, 3.8) is 0 Å². The van der Waals surface area contributed by atoms with Gasteiger partial charge in [-0.25, -0.2) is 0 Å². The third-order valence-electron chi connectivity index (χ3n) is 2.10. The molecule has 1 aliphatic carbocycles. The summed E-state index contributed by atoms with van der Waals surface area (Å²) in [6.45, 7) is 2.47. The van der Waals surface area contributed by atoms with E-state index in [-0.39, 0.29) is 0 Å².